The van der Waals surface area contributed by atoms with Gasteiger partial charge in [0.2, 0.25) is 0 Å². The first-order chi connectivity index (χ1) is 11.3. The predicted octanol–water partition coefficient (Wildman–Crippen LogP) is 0.898. The monoisotopic (exact) mass is 570 g/mol. The van der Waals surface area contributed by atoms with E-state index in [1.54, 1.807) is 15.1 Å². The van der Waals surface area contributed by atoms with Gasteiger partial charge in [-0.3, -0.25) is 0 Å². The Kier molecular flexibility index (Phi) is 5.96. The van der Waals surface area contributed by atoms with Crippen LogP contribution in [0.1, 0.15) is 0 Å². The van der Waals surface area contributed by atoms with Crippen molar-refractivity contribution in [3.05, 3.63) is 59.3 Å². The van der Waals surface area contributed by atoms with Crippen molar-refractivity contribution >= 4 is 113 Å². The van der Waals surface area contributed by atoms with Crippen LogP contribution in [-0.4, -0.2) is 44.9 Å². The van der Waals surface area contributed by atoms with Gasteiger partial charge in [0.15, 0.2) is 0 Å². The number of hydrogen-bond donors (Lipinski definition) is 0. The Hall–Kier alpha value is 0.358. The van der Waals surface area contributed by atoms with Gasteiger partial charge >= 0.3 is 172 Å². The fraction of sp³-hybridized carbons (Fsp3) is 0. The Morgan fingerprint density at radius 2 is 0.870 bits per heavy atom. The van der Waals surface area contributed by atoms with Gasteiger partial charge in [-0.2, -0.15) is 0 Å². The third-order valence-electron chi connectivity index (χ3n) is 2.71. The van der Waals surface area contributed by atoms with E-state index in [0.717, 1.165) is 0 Å². The van der Waals surface area contributed by atoms with Gasteiger partial charge in [0, 0.05) is 0 Å². The maximum atomic E-state index is 2.35. The summed E-state index contributed by atoms with van der Waals surface area (Å²) in [4.78, 5) is 0. The van der Waals surface area contributed by atoms with Crippen LogP contribution in [0.2, 0.25) is 0 Å². The van der Waals surface area contributed by atoms with Gasteiger partial charge in [-0.1, -0.05) is 0 Å². The number of hydrogen-bond acceptors (Lipinski definition) is 4. The second-order valence-corrected chi connectivity index (χ2v) is 18.7. The van der Waals surface area contributed by atoms with Crippen LogP contribution in [-0.2, 0) is 0 Å². The SMILES string of the molecule is c1csc([Se]c2ccc([Se]c3ccc([Se]c4cccs4)s3)s2)c1. The molecule has 116 valence electrons. The Bertz CT molecular complexity index is 787. The molecule has 0 atom stereocenters. The topological polar surface area (TPSA) is 0 Å². The fourth-order valence-electron chi connectivity index (χ4n) is 1.77. The van der Waals surface area contributed by atoms with Crippen LogP contribution in [0.3, 0.4) is 0 Å². The molecule has 0 nitrogen and oxygen atoms in total. The molecule has 0 fully saturated rings. The first-order valence-corrected chi connectivity index (χ1v) is 15.2. The summed E-state index contributed by atoms with van der Waals surface area (Å²) in [6.07, 6.45) is 0. The molecule has 4 aromatic rings. The van der Waals surface area contributed by atoms with E-state index in [9.17, 15) is 0 Å². The summed E-state index contributed by atoms with van der Waals surface area (Å²) < 4.78 is 9.27. The molecule has 0 aliphatic carbocycles. The molecule has 0 amide bonds. The number of rotatable bonds is 6. The molecule has 0 unspecified atom stereocenters. The van der Waals surface area contributed by atoms with Gasteiger partial charge in [-0.05, 0) is 0 Å². The van der Waals surface area contributed by atoms with Gasteiger partial charge in [0.05, 0.1) is 0 Å². The first kappa shape index (κ1) is 16.8. The molecule has 0 saturated heterocycles. The van der Waals surface area contributed by atoms with Crippen molar-refractivity contribution in [3.8, 4) is 0 Å². The van der Waals surface area contributed by atoms with E-state index in [-0.39, 0.29) is 0 Å². The molecule has 0 bridgehead atoms. The Labute approximate surface area is 170 Å². The van der Waals surface area contributed by atoms with Crippen molar-refractivity contribution < 1.29 is 0 Å². The molecule has 4 heterocycles. The first-order valence-electron chi connectivity index (χ1n) is 6.65. The van der Waals surface area contributed by atoms with Crippen molar-refractivity contribution in [1.82, 2.24) is 0 Å². The van der Waals surface area contributed by atoms with E-state index in [1.165, 1.54) is 7.55 Å². The summed E-state index contributed by atoms with van der Waals surface area (Å²) in [5.74, 6) is 0. The fourth-order valence-corrected chi connectivity index (χ4v) is 16.7. The molecule has 0 aromatic carbocycles. The molecular weight excluding hydrogens is 557 g/mol. The van der Waals surface area contributed by atoms with Gasteiger partial charge in [0.1, 0.15) is 0 Å². The van der Waals surface area contributed by atoms with Gasteiger partial charge in [0.25, 0.3) is 0 Å². The summed E-state index contributed by atoms with van der Waals surface area (Å²) in [6.45, 7) is 0. The summed E-state index contributed by atoms with van der Waals surface area (Å²) >= 11 is 9.26. The van der Waals surface area contributed by atoms with E-state index in [2.05, 4.69) is 59.3 Å². The summed E-state index contributed by atoms with van der Waals surface area (Å²) in [7, 11) is 0. The molecule has 0 spiro atoms. The molecule has 0 aliphatic rings. The third kappa shape index (κ3) is 4.71. The third-order valence-corrected chi connectivity index (χ3v) is 15.5. The maximum absolute atomic E-state index is 2.35. The van der Waals surface area contributed by atoms with Crippen LogP contribution in [0.15, 0.2) is 59.3 Å². The molecule has 4 aromatic heterocycles. The van der Waals surface area contributed by atoms with Crippen LogP contribution in [0.25, 0.3) is 0 Å². The second kappa shape index (κ2) is 8.16. The zero-order chi connectivity index (χ0) is 15.5. The molecule has 0 N–H and O–H groups in total. The summed E-state index contributed by atoms with van der Waals surface area (Å²) in [5.41, 5.74) is 0. The Morgan fingerprint density at radius 1 is 0.478 bits per heavy atom. The van der Waals surface area contributed by atoms with Crippen LogP contribution in [0.4, 0.5) is 0 Å². The molecule has 0 aliphatic heterocycles. The van der Waals surface area contributed by atoms with E-state index in [1.807, 2.05) is 45.3 Å². The molecule has 23 heavy (non-hydrogen) atoms. The van der Waals surface area contributed by atoms with Crippen molar-refractivity contribution in [3.63, 3.8) is 0 Å². The van der Waals surface area contributed by atoms with Crippen LogP contribution >= 0.6 is 45.3 Å². The summed E-state index contributed by atoms with van der Waals surface area (Å²) in [5, 5.41) is 4.36. The van der Waals surface area contributed by atoms with Crippen molar-refractivity contribution in [2.45, 2.75) is 0 Å². The van der Waals surface area contributed by atoms with Crippen molar-refractivity contribution in [2.24, 2.45) is 0 Å². The van der Waals surface area contributed by atoms with Gasteiger partial charge in [-0.25, -0.2) is 0 Å². The molecule has 7 heteroatoms. The standard InChI is InChI=1S/C16H10S4Se3/c1-3-11(17-9-1)21-13-5-7-15(19-13)23-16-8-6-14(20-16)22-12-4-2-10-18-12/h1-10H. The van der Waals surface area contributed by atoms with E-state index in [4.69, 9.17) is 0 Å². The van der Waals surface area contributed by atoms with E-state index < -0.39 is 0 Å². The van der Waals surface area contributed by atoms with Gasteiger partial charge < -0.3 is 0 Å². The van der Waals surface area contributed by atoms with Crippen LogP contribution in [0.5, 0.6) is 0 Å². The second-order valence-electron chi connectivity index (χ2n) is 4.32. The van der Waals surface area contributed by atoms with E-state index >= 15 is 0 Å². The Morgan fingerprint density at radius 3 is 1.22 bits per heavy atom. The average molecular weight is 567 g/mol. The quantitative estimate of drug-likeness (QED) is 0.304. The average Bonchev–Trinajstić information content (AvgIpc) is 3.31. The van der Waals surface area contributed by atoms with Crippen LogP contribution < -0.4 is 22.7 Å². The van der Waals surface area contributed by atoms with Gasteiger partial charge in [-0.15, -0.1) is 0 Å². The Balaban J connectivity index is 1.40. The number of thiophene rings is 4. The molecule has 0 saturated carbocycles. The van der Waals surface area contributed by atoms with E-state index in [0.29, 0.717) is 44.9 Å². The molecular formula is C16H10S4Se3. The predicted molar refractivity (Wildman–Crippen MR) is 112 cm³/mol. The molecule has 0 radical (unpaired) electrons. The minimum absolute atomic E-state index is 0.475. The zero-order valence-electron chi connectivity index (χ0n) is 11.6. The van der Waals surface area contributed by atoms with Crippen molar-refractivity contribution in [2.75, 3.05) is 0 Å². The van der Waals surface area contributed by atoms with Crippen molar-refractivity contribution in [1.29, 1.82) is 0 Å². The summed E-state index contributed by atoms with van der Waals surface area (Å²) in [6, 6.07) is 18.2. The minimum atomic E-state index is 0.475. The molecule has 4 rings (SSSR count). The zero-order valence-corrected chi connectivity index (χ0v) is 20.0. The van der Waals surface area contributed by atoms with Crippen LogP contribution in [0, 0.1) is 0 Å². The normalized spacial score (nSPS) is 11.1.